The van der Waals surface area contributed by atoms with Gasteiger partial charge in [0.1, 0.15) is 17.4 Å². The highest BCUT2D eigenvalue weighted by atomic mass is 16.4. The average Bonchev–Trinajstić information content (AvgIpc) is 2.90. The largest absolute Gasteiger partial charge is 0.458 e. The maximum Gasteiger partial charge on any atom is 0.138 e. The van der Waals surface area contributed by atoms with Crippen LogP contribution in [0.4, 0.5) is 5.69 Å². The van der Waals surface area contributed by atoms with Crippen LogP contribution < -0.4 is 4.90 Å². The number of aliphatic hydroxyl groups is 1. The number of fused-ring (bicyclic) bond motifs is 1. The van der Waals surface area contributed by atoms with E-state index >= 15 is 0 Å². The first-order valence-corrected chi connectivity index (χ1v) is 6.59. The molecule has 0 bridgehead atoms. The normalized spacial score (nSPS) is 12.6. The summed E-state index contributed by atoms with van der Waals surface area (Å²) in [6, 6.07) is 17.5. The van der Waals surface area contributed by atoms with Crippen LogP contribution in [-0.2, 0) is 0 Å². The van der Waals surface area contributed by atoms with E-state index in [0.717, 1.165) is 22.2 Å². The molecule has 0 saturated heterocycles. The first-order valence-electron chi connectivity index (χ1n) is 6.59. The van der Waals surface area contributed by atoms with Gasteiger partial charge in [0.05, 0.1) is 0 Å². The van der Waals surface area contributed by atoms with E-state index < -0.39 is 6.10 Å². The Morgan fingerprint density at radius 2 is 1.70 bits per heavy atom. The number of furan rings is 1. The molecular weight excluding hydrogens is 250 g/mol. The number of nitrogens with zero attached hydrogens (tertiary/aromatic N) is 1. The Kier molecular flexibility index (Phi) is 3.20. The van der Waals surface area contributed by atoms with E-state index in [-0.39, 0.29) is 0 Å². The van der Waals surface area contributed by atoms with Crippen LogP contribution in [0.15, 0.2) is 59.0 Å². The smallest absolute Gasteiger partial charge is 0.138 e. The molecule has 3 aromatic rings. The number of para-hydroxylation sites is 1. The van der Waals surface area contributed by atoms with E-state index in [2.05, 4.69) is 0 Å². The molecule has 0 aliphatic heterocycles. The second-order valence-corrected chi connectivity index (χ2v) is 5.08. The third-order valence-corrected chi connectivity index (χ3v) is 3.44. The van der Waals surface area contributed by atoms with Gasteiger partial charge in [0, 0.05) is 25.2 Å². The summed E-state index contributed by atoms with van der Waals surface area (Å²) in [6.07, 6.45) is -0.737. The zero-order chi connectivity index (χ0) is 14.1. The summed E-state index contributed by atoms with van der Waals surface area (Å²) in [6.45, 7) is 0. The fraction of sp³-hybridized carbons (Fsp3) is 0.176. The molecule has 3 rings (SSSR count). The average molecular weight is 267 g/mol. The van der Waals surface area contributed by atoms with E-state index in [4.69, 9.17) is 4.42 Å². The molecule has 1 N–H and O–H groups in total. The van der Waals surface area contributed by atoms with Crippen LogP contribution in [0.1, 0.15) is 17.4 Å². The first kappa shape index (κ1) is 12.8. The Labute approximate surface area is 118 Å². The quantitative estimate of drug-likeness (QED) is 0.788. The lowest BCUT2D eigenvalue weighted by Crippen LogP contribution is -2.08. The van der Waals surface area contributed by atoms with Crippen molar-refractivity contribution in [3.8, 4) is 0 Å². The van der Waals surface area contributed by atoms with Gasteiger partial charge in [-0.2, -0.15) is 0 Å². The van der Waals surface area contributed by atoms with E-state index in [1.807, 2.05) is 73.6 Å². The molecule has 0 saturated carbocycles. The van der Waals surface area contributed by atoms with E-state index in [1.54, 1.807) is 0 Å². The zero-order valence-corrected chi connectivity index (χ0v) is 11.6. The topological polar surface area (TPSA) is 36.6 Å². The molecule has 3 nitrogen and oxygen atoms in total. The molecule has 0 spiro atoms. The standard InChI is InChI=1S/C17H17NO2/c1-18(2)14-9-7-12(8-10-14)17(19)16-11-13-5-3-4-6-15(13)20-16/h3-11,17,19H,1-2H3. The Morgan fingerprint density at radius 3 is 2.35 bits per heavy atom. The van der Waals surface area contributed by atoms with Gasteiger partial charge < -0.3 is 14.4 Å². The summed E-state index contributed by atoms with van der Waals surface area (Å²) in [5, 5.41) is 11.4. The maximum absolute atomic E-state index is 10.4. The molecule has 1 heterocycles. The van der Waals surface area contributed by atoms with Gasteiger partial charge >= 0.3 is 0 Å². The van der Waals surface area contributed by atoms with Crippen molar-refractivity contribution in [2.45, 2.75) is 6.10 Å². The molecule has 0 amide bonds. The Hall–Kier alpha value is -2.26. The fourth-order valence-corrected chi connectivity index (χ4v) is 2.26. The predicted molar refractivity (Wildman–Crippen MR) is 81.0 cm³/mol. The van der Waals surface area contributed by atoms with Gasteiger partial charge in [-0.1, -0.05) is 30.3 Å². The molecular formula is C17H17NO2. The molecule has 0 fully saturated rings. The molecule has 0 aliphatic rings. The Morgan fingerprint density at radius 1 is 1.00 bits per heavy atom. The summed E-state index contributed by atoms with van der Waals surface area (Å²) in [7, 11) is 3.98. The molecule has 3 heteroatoms. The van der Waals surface area contributed by atoms with E-state index in [9.17, 15) is 5.11 Å². The molecule has 1 unspecified atom stereocenters. The number of aliphatic hydroxyl groups excluding tert-OH is 1. The molecule has 2 aromatic carbocycles. The summed E-state index contributed by atoms with van der Waals surface area (Å²) < 4.78 is 5.70. The van der Waals surface area contributed by atoms with Crippen LogP contribution in [-0.4, -0.2) is 19.2 Å². The lowest BCUT2D eigenvalue weighted by molar-refractivity contribution is 0.192. The van der Waals surface area contributed by atoms with Crippen LogP contribution in [0, 0.1) is 0 Å². The second kappa shape index (κ2) is 5.02. The minimum absolute atomic E-state index is 0.573. The lowest BCUT2D eigenvalue weighted by atomic mass is 10.1. The van der Waals surface area contributed by atoms with Gasteiger partial charge in [0.15, 0.2) is 0 Å². The van der Waals surface area contributed by atoms with Crippen molar-refractivity contribution >= 4 is 16.7 Å². The molecule has 20 heavy (non-hydrogen) atoms. The minimum Gasteiger partial charge on any atom is -0.458 e. The zero-order valence-electron chi connectivity index (χ0n) is 11.6. The van der Waals surface area contributed by atoms with Crippen molar-refractivity contribution in [2.75, 3.05) is 19.0 Å². The number of benzene rings is 2. The lowest BCUT2D eigenvalue weighted by Gasteiger charge is -2.14. The molecule has 1 aromatic heterocycles. The van der Waals surface area contributed by atoms with Crippen LogP contribution >= 0.6 is 0 Å². The van der Waals surface area contributed by atoms with Gasteiger partial charge in [-0.05, 0) is 29.8 Å². The first-order chi connectivity index (χ1) is 9.65. The highest BCUT2D eigenvalue weighted by molar-refractivity contribution is 5.77. The van der Waals surface area contributed by atoms with Crippen molar-refractivity contribution in [1.82, 2.24) is 0 Å². The highest BCUT2D eigenvalue weighted by Crippen LogP contribution is 2.28. The minimum atomic E-state index is -0.737. The van der Waals surface area contributed by atoms with Crippen LogP contribution in [0.3, 0.4) is 0 Å². The second-order valence-electron chi connectivity index (χ2n) is 5.08. The van der Waals surface area contributed by atoms with Crippen LogP contribution in [0.25, 0.3) is 11.0 Å². The Bertz CT molecular complexity index is 680. The highest BCUT2D eigenvalue weighted by Gasteiger charge is 2.15. The summed E-state index contributed by atoms with van der Waals surface area (Å²) >= 11 is 0. The van der Waals surface area contributed by atoms with Crippen molar-refractivity contribution in [3.63, 3.8) is 0 Å². The maximum atomic E-state index is 10.4. The molecule has 0 aliphatic carbocycles. The van der Waals surface area contributed by atoms with Crippen molar-refractivity contribution in [1.29, 1.82) is 0 Å². The third kappa shape index (κ3) is 2.28. The van der Waals surface area contributed by atoms with Gasteiger partial charge in [-0.25, -0.2) is 0 Å². The van der Waals surface area contributed by atoms with Gasteiger partial charge in [-0.3, -0.25) is 0 Å². The van der Waals surface area contributed by atoms with Gasteiger partial charge in [-0.15, -0.1) is 0 Å². The molecule has 0 radical (unpaired) electrons. The SMILES string of the molecule is CN(C)c1ccc(C(O)c2cc3ccccc3o2)cc1. The summed E-state index contributed by atoms with van der Waals surface area (Å²) in [4.78, 5) is 2.03. The number of rotatable bonds is 3. The fourth-order valence-electron chi connectivity index (χ4n) is 2.26. The monoisotopic (exact) mass is 267 g/mol. The number of anilines is 1. The summed E-state index contributed by atoms with van der Waals surface area (Å²) in [5.41, 5.74) is 2.73. The predicted octanol–water partition coefficient (Wildman–Crippen LogP) is 3.58. The van der Waals surface area contributed by atoms with Gasteiger partial charge in [0.25, 0.3) is 0 Å². The van der Waals surface area contributed by atoms with Gasteiger partial charge in [0.2, 0.25) is 0 Å². The van der Waals surface area contributed by atoms with Crippen LogP contribution in [0.5, 0.6) is 0 Å². The number of hydrogen-bond donors (Lipinski definition) is 1. The van der Waals surface area contributed by atoms with E-state index in [1.165, 1.54) is 0 Å². The van der Waals surface area contributed by atoms with Crippen molar-refractivity contribution in [2.24, 2.45) is 0 Å². The van der Waals surface area contributed by atoms with Crippen molar-refractivity contribution in [3.05, 3.63) is 65.9 Å². The molecule has 102 valence electrons. The third-order valence-electron chi connectivity index (χ3n) is 3.44. The summed E-state index contributed by atoms with van der Waals surface area (Å²) in [5.74, 6) is 0.573. The molecule has 1 atom stereocenters. The van der Waals surface area contributed by atoms with E-state index in [0.29, 0.717) is 5.76 Å². The van der Waals surface area contributed by atoms with Crippen LogP contribution in [0.2, 0.25) is 0 Å². The van der Waals surface area contributed by atoms with Crippen molar-refractivity contribution < 1.29 is 9.52 Å². The number of hydrogen-bond acceptors (Lipinski definition) is 3. The Balaban J connectivity index is 1.93.